The Morgan fingerprint density at radius 3 is 2.35 bits per heavy atom. The number of sulfone groups is 1. The molecule has 0 aliphatic heterocycles. The molecule has 0 heterocycles. The maximum Gasteiger partial charge on any atom is 0.175 e. The van der Waals surface area contributed by atoms with Crippen molar-refractivity contribution >= 4 is 37.5 Å². The Balaban J connectivity index is 2.06. The Hall–Kier alpha value is -0.850. The van der Waals surface area contributed by atoms with E-state index < -0.39 is 9.84 Å². The van der Waals surface area contributed by atoms with Crippen molar-refractivity contribution in [2.45, 2.75) is 15.5 Å². The fourth-order valence-electron chi connectivity index (χ4n) is 1.58. The lowest BCUT2D eigenvalue weighted by Crippen LogP contribution is -1.96. The van der Waals surface area contributed by atoms with Gasteiger partial charge in [0.1, 0.15) is 5.82 Å². The molecule has 0 bridgehead atoms. The first-order valence-electron chi connectivity index (χ1n) is 5.73. The van der Waals surface area contributed by atoms with Crippen molar-refractivity contribution in [3.8, 4) is 0 Å². The van der Waals surface area contributed by atoms with Crippen LogP contribution in [0.3, 0.4) is 0 Å². The van der Waals surface area contributed by atoms with Crippen LogP contribution in [0.2, 0.25) is 0 Å². The maximum absolute atomic E-state index is 13.1. The molecule has 0 aliphatic rings. The Morgan fingerprint density at radius 1 is 1.15 bits per heavy atom. The Morgan fingerprint density at radius 2 is 1.80 bits per heavy atom. The second-order valence-corrected chi connectivity index (χ2v) is 8.20. The molecular formula is C14H12BrFO2S2. The van der Waals surface area contributed by atoms with Crippen LogP contribution in [0, 0.1) is 5.82 Å². The van der Waals surface area contributed by atoms with E-state index in [0.717, 1.165) is 10.5 Å². The molecule has 6 heteroatoms. The van der Waals surface area contributed by atoms with E-state index in [1.165, 1.54) is 12.3 Å². The number of halogens is 2. The summed E-state index contributed by atoms with van der Waals surface area (Å²) in [7, 11) is -3.15. The Labute approximate surface area is 130 Å². The molecule has 2 aromatic rings. The molecule has 0 amide bonds. The number of hydrogen-bond acceptors (Lipinski definition) is 3. The van der Waals surface area contributed by atoms with Gasteiger partial charge in [-0.25, -0.2) is 12.8 Å². The van der Waals surface area contributed by atoms with E-state index in [1.54, 1.807) is 48.2 Å². The topological polar surface area (TPSA) is 34.1 Å². The van der Waals surface area contributed by atoms with E-state index in [1.807, 2.05) is 0 Å². The van der Waals surface area contributed by atoms with Crippen LogP contribution in [0.15, 0.2) is 56.7 Å². The van der Waals surface area contributed by atoms with Crippen molar-refractivity contribution in [2.24, 2.45) is 0 Å². The predicted octanol–water partition coefficient (Wildman–Crippen LogP) is 4.28. The third kappa shape index (κ3) is 4.07. The summed E-state index contributed by atoms with van der Waals surface area (Å²) in [6, 6.07) is 11.6. The van der Waals surface area contributed by atoms with Crippen molar-refractivity contribution in [1.29, 1.82) is 0 Å². The van der Waals surface area contributed by atoms with Gasteiger partial charge < -0.3 is 0 Å². The monoisotopic (exact) mass is 374 g/mol. The average Bonchev–Trinajstić information content (AvgIpc) is 2.40. The van der Waals surface area contributed by atoms with Gasteiger partial charge in [-0.3, -0.25) is 0 Å². The molecule has 2 aromatic carbocycles. The lowest BCUT2D eigenvalue weighted by molar-refractivity contribution is 0.602. The summed E-state index contributed by atoms with van der Waals surface area (Å²) in [5.74, 6) is 0.410. The van der Waals surface area contributed by atoms with Crippen LogP contribution in [-0.2, 0) is 15.6 Å². The number of hydrogen-bond donors (Lipinski definition) is 0. The summed E-state index contributed by atoms with van der Waals surface area (Å²) in [5, 5.41) is 0. The first-order chi connectivity index (χ1) is 9.36. The van der Waals surface area contributed by atoms with E-state index in [4.69, 9.17) is 0 Å². The minimum Gasteiger partial charge on any atom is -0.224 e. The minimum atomic E-state index is -3.15. The molecule has 20 heavy (non-hydrogen) atoms. The van der Waals surface area contributed by atoms with Crippen molar-refractivity contribution in [2.75, 3.05) is 6.26 Å². The summed E-state index contributed by atoms with van der Waals surface area (Å²) in [5.41, 5.74) is 0.996. The third-order valence-electron chi connectivity index (χ3n) is 2.64. The van der Waals surface area contributed by atoms with Crippen LogP contribution in [-0.4, -0.2) is 14.7 Å². The van der Waals surface area contributed by atoms with Gasteiger partial charge in [0.25, 0.3) is 0 Å². The number of rotatable bonds is 4. The van der Waals surface area contributed by atoms with Gasteiger partial charge in [0.05, 0.1) is 9.37 Å². The summed E-state index contributed by atoms with van der Waals surface area (Å²) in [6.45, 7) is 0. The van der Waals surface area contributed by atoms with Gasteiger partial charge in [-0.05, 0) is 57.9 Å². The highest BCUT2D eigenvalue weighted by atomic mass is 79.9. The van der Waals surface area contributed by atoms with Crippen molar-refractivity contribution in [3.05, 3.63) is 58.3 Å². The molecule has 106 valence electrons. The fourth-order valence-corrected chi connectivity index (χ4v) is 3.48. The largest absolute Gasteiger partial charge is 0.224 e. The van der Waals surface area contributed by atoms with Crippen LogP contribution in [0.5, 0.6) is 0 Å². The van der Waals surface area contributed by atoms with Gasteiger partial charge in [-0.2, -0.15) is 0 Å². The Bertz CT molecular complexity index is 712. The standard InChI is InChI=1S/C14H12BrFO2S2/c1-20(17,18)12-5-3-11(4-6-12)19-9-10-2-7-14(16)13(15)8-10/h2-8H,9H2,1H3. The molecule has 0 saturated heterocycles. The lowest BCUT2D eigenvalue weighted by atomic mass is 10.2. The van der Waals surface area contributed by atoms with Gasteiger partial charge in [-0.1, -0.05) is 6.07 Å². The van der Waals surface area contributed by atoms with E-state index in [9.17, 15) is 12.8 Å². The van der Waals surface area contributed by atoms with E-state index in [0.29, 0.717) is 15.1 Å². The highest BCUT2D eigenvalue weighted by Gasteiger charge is 2.06. The molecule has 2 rings (SSSR count). The fraction of sp³-hybridized carbons (Fsp3) is 0.143. The zero-order valence-corrected chi connectivity index (χ0v) is 13.9. The zero-order chi connectivity index (χ0) is 14.8. The minimum absolute atomic E-state index is 0.281. The summed E-state index contributed by atoms with van der Waals surface area (Å²) >= 11 is 4.72. The van der Waals surface area contributed by atoms with Crippen molar-refractivity contribution < 1.29 is 12.8 Å². The smallest absolute Gasteiger partial charge is 0.175 e. The van der Waals surface area contributed by atoms with Gasteiger partial charge in [0, 0.05) is 16.9 Å². The van der Waals surface area contributed by atoms with Crippen LogP contribution >= 0.6 is 27.7 Å². The second-order valence-electron chi connectivity index (χ2n) is 4.28. The molecule has 0 saturated carbocycles. The van der Waals surface area contributed by atoms with E-state index in [2.05, 4.69) is 15.9 Å². The molecule has 0 aromatic heterocycles. The second kappa shape index (κ2) is 6.28. The Kier molecular flexibility index (Phi) is 4.88. The molecule has 2 nitrogen and oxygen atoms in total. The third-order valence-corrected chi connectivity index (χ3v) is 5.46. The van der Waals surface area contributed by atoms with E-state index in [-0.39, 0.29) is 5.82 Å². The molecule has 0 unspecified atom stereocenters. The highest BCUT2D eigenvalue weighted by Crippen LogP contribution is 2.26. The van der Waals surface area contributed by atoms with Gasteiger partial charge in [-0.15, -0.1) is 11.8 Å². The van der Waals surface area contributed by atoms with Gasteiger partial charge in [0.15, 0.2) is 9.84 Å². The van der Waals surface area contributed by atoms with E-state index >= 15 is 0 Å². The van der Waals surface area contributed by atoms with Crippen LogP contribution in [0.25, 0.3) is 0 Å². The molecule has 0 aliphatic carbocycles. The molecule has 0 radical (unpaired) electrons. The van der Waals surface area contributed by atoms with Crippen LogP contribution < -0.4 is 0 Å². The van der Waals surface area contributed by atoms with Gasteiger partial charge in [0.2, 0.25) is 0 Å². The van der Waals surface area contributed by atoms with Crippen molar-refractivity contribution in [1.82, 2.24) is 0 Å². The maximum atomic E-state index is 13.1. The molecule has 0 spiro atoms. The molecule has 0 atom stereocenters. The van der Waals surface area contributed by atoms with Gasteiger partial charge >= 0.3 is 0 Å². The highest BCUT2D eigenvalue weighted by molar-refractivity contribution is 9.10. The summed E-state index contributed by atoms with van der Waals surface area (Å²) < 4.78 is 36.2. The predicted molar refractivity (Wildman–Crippen MR) is 83.2 cm³/mol. The first kappa shape index (κ1) is 15.5. The van der Waals surface area contributed by atoms with Crippen LogP contribution in [0.4, 0.5) is 4.39 Å². The molecule has 0 N–H and O–H groups in total. The lowest BCUT2D eigenvalue weighted by Gasteiger charge is -2.04. The molecular weight excluding hydrogens is 363 g/mol. The molecule has 0 fully saturated rings. The summed E-state index contributed by atoms with van der Waals surface area (Å²) in [6.07, 6.45) is 1.19. The quantitative estimate of drug-likeness (QED) is 0.748. The number of thioether (sulfide) groups is 1. The first-order valence-corrected chi connectivity index (χ1v) is 9.40. The normalized spacial score (nSPS) is 11.6. The average molecular weight is 375 g/mol. The van der Waals surface area contributed by atoms with Crippen molar-refractivity contribution in [3.63, 3.8) is 0 Å². The van der Waals surface area contributed by atoms with Crippen LogP contribution in [0.1, 0.15) is 5.56 Å². The summed E-state index contributed by atoms with van der Waals surface area (Å²) in [4.78, 5) is 1.28. The number of benzene rings is 2. The SMILES string of the molecule is CS(=O)(=O)c1ccc(SCc2ccc(F)c(Br)c2)cc1. The zero-order valence-electron chi connectivity index (χ0n) is 10.6.